The van der Waals surface area contributed by atoms with Crippen LogP contribution in [-0.4, -0.2) is 33.1 Å². The van der Waals surface area contributed by atoms with Crippen LogP contribution in [0.3, 0.4) is 0 Å². The zero-order valence-corrected chi connectivity index (χ0v) is 15.8. The smallest absolute Gasteiger partial charge is 0.446 e. The van der Waals surface area contributed by atoms with Crippen LogP contribution in [-0.2, 0) is 13.0 Å². The largest absolute Gasteiger partial charge is 0.573 e. The minimum Gasteiger partial charge on any atom is -0.446 e. The first-order chi connectivity index (χ1) is 14.4. The van der Waals surface area contributed by atoms with Crippen molar-refractivity contribution in [2.75, 3.05) is 11.4 Å². The van der Waals surface area contributed by atoms with Gasteiger partial charge in [0, 0.05) is 37.0 Å². The lowest BCUT2D eigenvalue weighted by Crippen LogP contribution is -2.30. The molecular formula is C20H16F3N5O2. The van der Waals surface area contributed by atoms with Crippen molar-refractivity contribution in [2.45, 2.75) is 26.3 Å². The number of rotatable bonds is 3. The van der Waals surface area contributed by atoms with Crippen LogP contribution in [0.2, 0.25) is 0 Å². The first-order valence-corrected chi connectivity index (χ1v) is 9.26. The van der Waals surface area contributed by atoms with Crippen molar-refractivity contribution in [1.82, 2.24) is 20.2 Å². The lowest BCUT2D eigenvalue weighted by molar-refractivity contribution is -0.274. The van der Waals surface area contributed by atoms with E-state index in [1.54, 1.807) is 12.3 Å². The molecule has 0 bridgehead atoms. The molecule has 0 unspecified atom stereocenters. The normalized spacial score (nSPS) is 14.2. The van der Waals surface area contributed by atoms with E-state index in [1.807, 2.05) is 13.0 Å². The molecule has 5 rings (SSSR count). The predicted octanol–water partition coefficient (Wildman–Crippen LogP) is 4.38. The maximum Gasteiger partial charge on any atom is 0.573 e. The highest BCUT2D eigenvalue weighted by Gasteiger charge is 2.31. The molecule has 4 aromatic rings. The molecule has 0 fully saturated rings. The summed E-state index contributed by atoms with van der Waals surface area (Å²) in [5.74, 6) is 1.98. The summed E-state index contributed by atoms with van der Waals surface area (Å²) < 4.78 is 47.4. The Balaban J connectivity index is 1.48. The number of aromatic amines is 1. The fraction of sp³-hybridized carbons (Fsp3) is 0.250. The number of oxazole rings is 1. The fourth-order valence-corrected chi connectivity index (χ4v) is 3.67. The van der Waals surface area contributed by atoms with Gasteiger partial charge in [-0.05, 0) is 30.3 Å². The molecule has 30 heavy (non-hydrogen) atoms. The Morgan fingerprint density at radius 1 is 1.20 bits per heavy atom. The van der Waals surface area contributed by atoms with Crippen LogP contribution in [0.5, 0.6) is 5.75 Å². The highest BCUT2D eigenvalue weighted by molar-refractivity contribution is 5.94. The molecule has 0 atom stereocenters. The molecule has 154 valence electrons. The predicted molar refractivity (Wildman–Crippen MR) is 102 cm³/mol. The molecule has 0 spiro atoms. The third-order valence-corrected chi connectivity index (χ3v) is 4.95. The Labute approximate surface area is 168 Å². The molecule has 0 amide bonds. The number of ether oxygens (including phenoxy) is 1. The molecule has 1 aromatic carbocycles. The van der Waals surface area contributed by atoms with Crippen LogP contribution < -0.4 is 9.64 Å². The number of aromatic nitrogens is 4. The molecule has 1 aliphatic heterocycles. The summed E-state index contributed by atoms with van der Waals surface area (Å²) in [5, 5.41) is 7.67. The second-order valence-corrected chi connectivity index (χ2v) is 7.00. The lowest BCUT2D eigenvalue weighted by atomic mass is 10.1. The van der Waals surface area contributed by atoms with Gasteiger partial charge in [0.2, 0.25) is 0 Å². The van der Waals surface area contributed by atoms with Gasteiger partial charge in [-0.15, -0.1) is 13.2 Å². The van der Waals surface area contributed by atoms with Gasteiger partial charge in [-0.3, -0.25) is 5.10 Å². The summed E-state index contributed by atoms with van der Waals surface area (Å²) in [6.07, 6.45) is -2.37. The first-order valence-electron chi connectivity index (χ1n) is 9.26. The number of pyridine rings is 1. The summed E-state index contributed by atoms with van der Waals surface area (Å²) >= 11 is 0. The summed E-state index contributed by atoms with van der Waals surface area (Å²) in [4.78, 5) is 11.0. The van der Waals surface area contributed by atoms with Gasteiger partial charge in [-0.2, -0.15) is 5.10 Å². The van der Waals surface area contributed by atoms with Crippen LogP contribution in [0.4, 0.5) is 19.0 Å². The maximum absolute atomic E-state index is 12.6. The number of benzene rings is 1. The van der Waals surface area contributed by atoms with Crippen LogP contribution >= 0.6 is 0 Å². The standard InChI is InChI=1S/C20H16F3N5O2/c1-11-25-16-10-28(7-5-17(16)29-11)18-8-12(4-6-24-18)19-14-9-13(30-20(21,22)23)2-3-15(14)26-27-19/h2-4,6,8-9H,5,7,10H2,1H3,(H,26,27). The average Bonchev–Trinajstić information content (AvgIpc) is 3.28. The van der Waals surface area contributed by atoms with Gasteiger partial charge in [0.1, 0.15) is 28.7 Å². The molecule has 1 N–H and O–H groups in total. The monoisotopic (exact) mass is 415 g/mol. The van der Waals surface area contributed by atoms with Crippen molar-refractivity contribution in [3.63, 3.8) is 0 Å². The van der Waals surface area contributed by atoms with Gasteiger partial charge in [0.25, 0.3) is 0 Å². The molecule has 0 saturated heterocycles. The van der Waals surface area contributed by atoms with E-state index >= 15 is 0 Å². The zero-order valence-electron chi connectivity index (χ0n) is 15.8. The first kappa shape index (κ1) is 18.5. The van der Waals surface area contributed by atoms with Crippen LogP contribution in [0.15, 0.2) is 40.9 Å². The SMILES string of the molecule is Cc1nc2c(o1)CCN(c1cc(-c3n[nH]c4ccc(OC(F)(F)F)cc34)ccn1)C2. The Bertz CT molecular complexity index is 1230. The van der Waals surface area contributed by atoms with Crippen molar-refractivity contribution in [1.29, 1.82) is 0 Å². The Kier molecular flexibility index (Phi) is 4.16. The van der Waals surface area contributed by atoms with E-state index in [2.05, 4.69) is 29.8 Å². The molecule has 7 nitrogen and oxygen atoms in total. The van der Waals surface area contributed by atoms with E-state index in [4.69, 9.17) is 4.42 Å². The quantitative estimate of drug-likeness (QED) is 0.535. The van der Waals surface area contributed by atoms with Crippen LogP contribution in [0.25, 0.3) is 22.2 Å². The molecule has 0 radical (unpaired) electrons. The second kappa shape index (κ2) is 6.75. The van der Waals surface area contributed by atoms with E-state index in [0.29, 0.717) is 29.0 Å². The highest BCUT2D eigenvalue weighted by atomic mass is 19.4. The molecule has 0 aliphatic carbocycles. The number of hydrogen-bond acceptors (Lipinski definition) is 6. The third-order valence-electron chi connectivity index (χ3n) is 4.95. The van der Waals surface area contributed by atoms with Gasteiger partial charge in [0.15, 0.2) is 5.89 Å². The van der Waals surface area contributed by atoms with Gasteiger partial charge in [-0.1, -0.05) is 0 Å². The van der Waals surface area contributed by atoms with Gasteiger partial charge < -0.3 is 14.1 Å². The maximum atomic E-state index is 12.6. The number of anilines is 1. The molecule has 0 saturated carbocycles. The minimum atomic E-state index is -4.76. The summed E-state index contributed by atoms with van der Waals surface area (Å²) in [5.41, 5.74) is 2.76. The molecule has 3 aromatic heterocycles. The van der Waals surface area contributed by atoms with Gasteiger partial charge in [-0.25, -0.2) is 9.97 Å². The second-order valence-electron chi connectivity index (χ2n) is 7.00. The number of halogens is 3. The molecule has 10 heteroatoms. The highest BCUT2D eigenvalue weighted by Crippen LogP contribution is 2.33. The third kappa shape index (κ3) is 3.44. The Morgan fingerprint density at radius 2 is 2.07 bits per heavy atom. The topological polar surface area (TPSA) is 80.1 Å². The number of nitrogens with one attached hydrogen (secondary N) is 1. The van der Waals surface area contributed by atoms with Gasteiger partial charge in [0.05, 0.1) is 12.1 Å². The number of hydrogen-bond donors (Lipinski definition) is 1. The average molecular weight is 415 g/mol. The van der Waals surface area contributed by atoms with E-state index < -0.39 is 6.36 Å². The zero-order chi connectivity index (χ0) is 20.9. The van der Waals surface area contributed by atoms with E-state index in [9.17, 15) is 13.2 Å². The number of fused-ring (bicyclic) bond motifs is 2. The van der Waals surface area contributed by atoms with E-state index in [-0.39, 0.29) is 5.75 Å². The van der Waals surface area contributed by atoms with Crippen molar-refractivity contribution < 1.29 is 22.3 Å². The van der Waals surface area contributed by atoms with E-state index in [1.165, 1.54) is 18.2 Å². The Hall–Kier alpha value is -3.56. The summed E-state index contributed by atoms with van der Waals surface area (Å²) in [6.45, 7) is 3.12. The number of nitrogens with zero attached hydrogens (tertiary/aromatic N) is 4. The van der Waals surface area contributed by atoms with Crippen molar-refractivity contribution in [2.24, 2.45) is 0 Å². The number of aryl methyl sites for hydroxylation is 1. The molecule has 4 heterocycles. The minimum absolute atomic E-state index is 0.295. The van der Waals surface area contributed by atoms with Crippen LogP contribution in [0, 0.1) is 6.92 Å². The lowest BCUT2D eigenvalue weighted by Gasteiger charge is -2.26. The number of H-pyrrole nitrogens is 1. The summed E-state index contributed by atoms with van der Waals surface area (Å²) in [7, 11) is 0. The van der Waals surface area contributed by atoms with Gasteiger partial charge >= 0.3 is 6.36 Å². The fourth-order valence-electron chi connectivity index (χ4n) is 3.67. The van der Waals surface area contributed by atoms with Crippen molar-refractivity contribution >= 4 is 16.7 Å². The Morgan fingerprint density at radius 3 is 2.90 bits per heavy atom. The van der Waals surface area contributed by atoms with Crippen LogP contribution in [0.1, 0.15) is 17.3 Å². The van der Waals surface area contributed by atoms with E-state index in [0.717, 1.165) is 35.8 Å². The summed E-state index contributed by atoms with van der Waals surface area (Å²) in [6, 6.07) is 7.72. The number of alkyl halides is 3. The van der Waals surface area contributed by atoms with Crippen molar-refractivity contribution in [3.8, 4) is 17.0 Å². The molecule has 1 aliphatic rings. The molecular weight excluding hydrogens is 399 g/mol. The van der Waals surface area contributed by atoms with Crippen molar-refractivity contribution in [3.05, 3.63) is 53.9 Å².